The van der Waals surface area contributed by atoms with E-state index in [2.05, 4.69) is 10.0 Å². The Bertz CT molecular complexity index is 518. The smallest absolute Gasteiger partial charge is 0.212 e. The Hall–Kier alpha value is -0.850. The van der Waals surface area contributed by atoms with Gasteiger partial charge < -0.3 is 9.73 Å². The highest BCUT2D eigenvalue weighted by Crippen LogP contribution is 2.17. The third-order valence-corrected chi connectivity index (χ3v) is 5.18. The van der Waals surface area contributed by atoms with Gasteiger partial charge in [-0.1, -0.05) is 6.42 Å². The fourth-order valence-electron chi connectivity index (χ4n) is 2.54. The first-order valence-corrected chi connectivity index (χ1v) is 8.91. The maximum absolute atomic E-state index is 12.1. The highest BCUT2D eigenvalue weighted by Gasteiger charge is 2.20. The van der Waals surface area contributed by atoms with Crippen molar-refractivity contribution in [2.75, 3.05) is 12.3 Å². The number of aryl methyl sites for hydroxylation is 1. The second kappa shape index (κ2) is 6.74. The van der Waals surface area contributed by atoms with Gasteiger partial charge in [0.2, 0.25) is 10.0 Å². The van der Waals surface area contributed by atoms with Crippen LogP contribution in [0.4, 0.5) is 0 Å². The predicted molar refractivity (Wildman–Crippen MR) is 79.0 cm³/mol. The van der Waals surface area contributed by atoms with Crippen LogP contribution < -0.4 is 10.0 Å². The molecule has 2 rings (SSSR count). The first-order chi connectivity index (χ1) is 9.46. The Morgan fingerprint density at radius 3 is 2.85 bits per heavy atom. The molecule has 6 heteroatoms. The van der Waals surface area contributed by atoms with Crippen molar-refractivity contribution in [2.45, 2.75) is 51.6 Å². The summed E-state index contributed by atoms with van der Waals surface area (Å²) >= 11 is 0. The summed E-state index contributed by atoms with van der Waals surface area (Å²) in [6.45, 7) is 4.65. The second-order valence-electron chi connectivity index (χ2n) is 5.54. The van der Waals surface area contributed by atoms with Gasteiger partial charge in [-0.3, -0.25) is 0 Å². The SMILES string of the molecule is Cc1ccc(C(C)NS(=O)(=O)CCC2CCCCN2)o1. The number of hydrogen-bond donors (Lipinski definition) is 2. The molecule has 2 heterocycles. The van der Waals surface area contributed by atoms with Crippen LogP contribution in [0.1, 0.15) is 50.2 Å². The lowest BCUT2D eigenvalue weighted by Crippen LogP contribution is -2.37. The van der Waals surface area contributed by atoms with Gasteiger partial charge in [-0.15, -0.1) is 0 Å². The average molecular weight is 300 g/mol. The summed E-state index contributed by atoms with van der Waals surface area (Å²) in [5.74, 6) is 1.61. The van der Waals surface area contributed by atoms with E-state index in [-0.39, 0.29) is 11.8 Å². The van der Waals surface area contributed by atoms with E-state index < -0.39 is 10.0 Å². The van der Waals surface area contributed by atoms with E-state index in [1.165, 1.54) is 12.8 Å². The first-order valence-electron chi connectivity index (χ1n) is 7.26. The Balaban J connectivity index is 1.83. The van der Waals surface area contributed by atoms with E-state index in [4.69, 9.17) is 4.42 Å². The largest absolute Gasteiger partial charge is 0.465 e. The Morgan fingerprint density at radius 2 is 2.25 bits per heavy atom. The van der Waals surface area contributed by atoms with Gasteiger partial charge in [0, 0.05) is 6.04 Å². The van der Waals surface area contributed by atoms with Gasteiger partial charge in [-0.05, 0) is 51.8 Å². The van der Waals surface area contributed by atoms with Gasteiger partial charge in [0.15, 0.2) is 0 Å². The van der Waals surface area contributed by atoms with Crippen LogP contribution in [0.5, 0.6) is 0 Å². The molecule has 1 aromatic heterocycles. The van der Waals surface area contributed by atoms with Gasteiger partial charge in [-0.2, -0.15) is 0 Å². The minimum Gasteiger partial charge on any atom is -0.465 e. The molecule has 0 aromatic carbocycles. The highest BCUT2D eigenvalue weighted by atomic mass is 32.2. The summed E-state index contributed by atoms with van der Waals surface area (Å²) in [7, 11) is -3.27. The number of nitrogens with one attached hydrogen (secondary N) is 2. The summed E-state index contributed by atoms with van der Waals surface area (Å²) in [6, 6.07) is 3.66. The zero-order chi connectivity index (χ0) is 14.6. The molecule has 2 N–H and O–H groups in total. The third kappa shape index (κ3) is 4.61. The molecule has 0 aliphatic carbocycles. The minimum atomic E-state index is -3.27. The lowest BCUT2D eigenvalue weighted by Gasteiger charge is -2.23. The van der Waals surface area contributed by atoms with Crippen molar-refractivity contribution in [3.63, 3.8) is 0 Å². The molecule has 1 saturated heterocycles. The average Bonchev–Trinajstić information content (AvgIpc) is 2.84. The van der Waals surface area contributed by atoms with E-state index in [0.29, 0.717) is 18.2 Å². The summed E-state index contributed by atoms with van der Waals surface area (Å²) < 4.78 is 32.3. The van der Waals surface area contributed by atoms with Crippen LogP contribution >= 0.6 is 0 Å². The molecule has 0 bridgehead atoms. The van der Waals surface area contributed by atoms with Crippen LogP contribution in [0.2, 0.25) is 0 Å². The normalized spacial score (nSPS) is 21.8. The van der Waals surface area contributed by atoms with Crippen LogP contribution in [-0.2, 0) is 10.0 Å². The monoisotopic (exact) mass is 300 g/mol. The molecule has 5 nitrogen and oxygen atoms in total. The first kappa shape index (κ1) is 15.5. The van der Waals surface area contributed by atoms with Gasteiger partial charge in [-0.25, -0.2) is 13.1 Å². The minimum absolute atomic E-state index is 0.161. The fraction of sp³-hybridized carbons (Fsp3) is 0.714. The molecule has 0 spiro atoms. The van der Waals surface area contributed by atoms with Crippen molar-refractivity contribution in [1.82, 2.24) is 10.0 Å². The Morgan fingerprint density at radius 1 is 1.45 bits per heavy atom. The van der Waals surface area contributed by atoms with Crippen molar-refractivity contribution >= 4 is 10.0 Å². The lowest BCUT2D eigenvalue weighted by atomic mass is 10.0. The third-order valence-electron chi connectivity index (χ3n) is 3.69. The van der Waals surface area contributed by atoms with Gasteiger partial charge >= 0.3 is 0 Å². The topological polar surface area (TPSA) is 71.3 Å². The molecule has 0 saturated carbocycles. The number of piperidine rings is 1. The predicted octanol–water partition coefficient (Wildman–Crippen LogP) is 2.10. The molecule has 0 radical (unpaired) electrons. The molecular weight excluding hydrogens is 276 g/mol. The number of hydrogen-bond acceptors (Lipinski definition) is 4. The van der Waals surface area contributed by atoms with Crippen LogP contribution in [0.3, 0.4) is 0 Å². The van der Waals surface area contributed by atoms with E-state index in [9.17, 15) is 8.42 Å². The summed E-state index contributed by atoms with van der Waals surface area (Å²) in [4.78, 5) is 0. The molecule has 20 heavy (non-hydrogen) atoms. The van der Waals surface area contributed by atoms with Crippen molar-refractivity contribution in [3.8, 4) is 0 Å². The molecule has 2 atom stereocenters. The standard InChI is InChI=1S/C14H24N2O3S/c1-11-6-7-14(19-11)12(2)16-20(17,18)10-8-13-5-3-4-9-15-13/h6-7,12-13,15-16H,3-5,8-10H2,1-2H3. The number of rotatable bonds is 6. The second-order valence-corrected chi connectivity index (χ2v) is 7.42. The molecule has 1 aliphatic rings. The van der Waals surface area contributed by atoms with Crippen molar-refractivity contribution in [2.24, 2.45) is 0 Å². The molecular formula is C14H24N2O3S. The number of furan rings is 1. The number of sulfonamides is 1. The van der Waals surface area contributed by atoms with Crippen molar-refractivity contribution < 1.29 is 12.8 Å². The Kier molecular flexibility index (Phi) is 5.23. The van der Waals surface area contributed by atoms with Crippen molar-refractivity contribution in [3.05, 3.63) is 23.7 Å². The fourth-order valence-corrected chi connectivity index (χ4v) is 3.91. The van der Waals surface area contributed by atoms with E-state index in [1.807, 2.05) is 19.1 Å². The zero-order valence-corrected chi connectivity index (χ0v) is 13.0. The van der Waals surface area contributed by atoms with E-state index >= 15 is 0 Å². The van der Waals surface area contributed by atoms with E-state index in [0.717, 1.165) is 18.7 Å². The molecule has 1 aliphatic heterocycles. The lowest BCUT2D eigenvalue weighted by molar-refractivity contribution is 0.391. The van der Waals surface area contributed by atoms with Gasteiger partial charge in [0.1, 0.15) is 11.5 Å². The molecule has 1 fully saturated rings. The van der Waals surface area contributed by atoms with Crippen LogP contribution in [-0.4, -0.2) is 26.8 Å². The summed E-state index contributed by atoms with van der Waals surface area (Å²) in [5.41, 5.74) is 0. The van der Waals surface area contributed by atoms with Gasteiger partial charge in [0.05, 0.1) is 11.8 Å². The van der Waals surface area contributed by atoms with Crippen molar-refractivity contribution in [1.29, 1.82) is 0 Å². The highest BCUT2D eigenvalue weighted by molar-refractivity contribution is 7.89. The maximum atomic E-state index is 12.1. The van der Waals surface area contributed by atoms with Crippen LogP contribution in [0.15, 0.2) is 16.5 Å². The zero-order valence-electron chi connectivity index (χ0n) is 12.2. The molecule has 2 unspecified atom stereocenters. The van der Waals surface area contributed by atoms with E-state index in [1.54, 1.807) is 6.92 Å². The Labute approximate surface area is 121 Å². The van der Waals surface area contributed by atoms with Crippen LogP contribution in [0, 0.1) is 6.92 Å². The summed E-state index contributed by atoms with van der Waals surface area (Å²) in [5, 5.41) is 3.37. The molecule has 0 amide bonds. The van der Waals surface area contributed by atoms with Gasteiger partial charge in [0.25, 0.3) is 0 Å². The molecule has 114 valence electrons. The maximum Gasteiger partial charge on any atom is 0.212 e. The molecule has 1 aromatic rings. The quantitative estimate of drug-likeness (QED) is 0.844. The van der Waals surface area contributed by atoms with Crippen LogP contribution in [0.25, 0.3) is 0 Å². The summed E-state index contributed by atoms with van der Waals surface area (Å²) in [6.07, 6.45) is 4.12.